The SMILES string of the molecule is COc1ccc(Cl)cc1C(=O)N=C1SC(C)(C)CN1Cc1cc(F)cc(F)c1. The molecule has 0 aliphatic carbocycles. The molecule has 1 aliphatic rings. The second-order valence-corrected chi connectivity index (χ2v) is 9.15. The number of nitrogens with zero attached hydrogens (tertiary/aromatic N) is 2. The van der Waals surface area contributed by atoms with Crippen LogP contribution in [0.25, 0.3) is 0 Å². The Morgan fingerprint density at radius 1 is 1.25 bits per heavy atom. The predicted octanol–water partition coefficient (Wildman–Crippen LogP) is 5.15. The van der Waals surface area contributed by atoms with Gasteiger partial charge in [-0.3, -0.25) is 4.79 Å². The lowest BCUT2D eigenvalue weighted by atomic mass is 10.1. The van der Waals surface area contributed by atoms with E-state index < -0.39 is 17.5 Å². The van der Waals surface area contributed by atoms with Crippen molar-refractivity contribution in [1.82, 2.24) is 4.90 Å². The summed E-state index contributed by atoms with van der Waals surface area (Å²) in [7, 11) is 1.46. The van der Waals surface area contributed by atoms with E-state index in [9.17, 15) is 13.6 Å². The Hall–Kier alpha value is -2.12. The van der Waals surface area contributed by atoms with Crippen molar-refractivity contribution < 1.29 is 18.3 Å². The second-order valence-electron chi connectivity index (χ2n) is 7.04. The minimum atomic E-state index is -0.640. The van der Waals surface area contributed by atoms with Gasteiger partial charge in [0, 0.05) is 28.9 Å². The number of ether oxygens (including phenoxy) is 1. The van der Waals surface area contributed by atoms with Crippen LogP contribution in [0.15, 0.2) is 41.4 Å². The summed E-state index contributed by atoms with van der Waals surface area (Å²) in [5.41, 5.74) is 0.723. The van der Waals surface area contributed by atoms with E-state index in [0.717, 1.165) is 6.07 Å². The van der Waals surface area contributed by atoms with Crippen molar-refractivity contribution in [1.29, 1.82) is 0 Å². The summed E-state index contributed by atoms with van der Waals surface area (Å²) in [6.45, 7) is 4.85. The number of thioether (sulfide) groups is 1. The molecule has 1 fully saturated rings. The number of carbonyl (C=O) groups excluding carboxylic acids is 1. The highest BCUT2D eigenvalue weighted by Gasteiger charge is 2.36. The number of carbonyl (C=O) groups is 1. The fourth-order valence-corrected chi connectivity index (χ4v) is 4.28. The predicted molar refractivity (Wildman–Crippen MR) is 108 cm³/mol. The number of benzene rings is 2. The molecular formula is C20H19ClF2N2O2S. The molecular weight excluding hydrogens is 406 g/mol. The smallest absolute Gasteiger partial charge is 0.283 e. The van der Waals surface area contributed by atoms with Crippen LogP contribution in [0, 0.1) is 11.6 Å². The first kappa shape index (κ1) is 20.6. The molecule has 0 aromatic heterocycles. The second kappa shape index (κ2) is 8.09. The Kier molecular flexibility index (Phi) is 5.95. The maximum Gasteiger partial charge on any atom is 0.283 e. The highest BCUT2D eigenvalue weighted by Crippen LogP contribution is 2.37. The Bertz CT molecular complexity index is 930. The molecule has 1 aliphatic heterocycles. The molecule has 0 radical (unpaired) electrons. The summed E-state index contributed by atoms with van der Waals surface area (Å²) in [5.74, 6) is -1.39. The van der Waals surface area contributed by atoms with Crippen molar-refractivity contribution in [2.24, 2.45) is 4.99 Å². The number of hydrogen-bond donors (Lipinski definition) is 0. The zero-order valence-electron chi connectivity index (χ0n) is 15.6. The van der Waals surface area contributed by atoms with E-state index in [4.69, 9.17) is 16.3 Å². The number of hydrogen-bond acceptors (Lipinski definition) is 3. The van der Waals surface area contributed by atoms with E-state index in [-0.39, 0.29) is 16.9 Å². The van der Waals surface area contributed by atoms with Crippen molar-refractivity contribution in [2.75, 3.05) is 13.7 Å². The van der Waals surface area contributed by atoms with E-state index >= 15 is 0 Å². The molecule has 0 atom stereocenters. The summed E-state index contributed by atoms with van der Waals surface area (Å²) in [6.07, 6.45) is 0. The number of aliphatic imine (C=N–C) groups is 1. The molecule has 28 heavy (non-hydrogen) atoms. The zero-order valence-corrected chi connectivity index (χ0v) is 17.2. The summed E-state index contributed by atoms with van der Waals surface area (Å²) < 4.78 is 32.1. The van der Waals surface area contributed by atoms with Crippen LogP contribution < -0.4 is 4.74 Å². The molecule has 0 spiro atoms. The number of halogens is 3. The van der Waals surface area contributed by atoms with Gasteiger partial charge < -0.3 is 9.64 Å². The summed E-state index contributed by atoms with van der Waals surface area (Å²) in [6, 6.07) is 8.12. The molecule has 8 heteroatoms. The van der Waals surface area contributed by atoms with Gasteiger partial charge in [-0.25, -0.2) is 8.78 Å². The molecule has 0 saturated carbocycles. The number of amidine groups is 1. The molecule has 1 saturated heterocycles. The normalized spacial score (nSPS) is 17.2. The molecule has 3 rings (SSSR count). The first-order valence-electron chi connectivity index (χ1n) is 8.52. The van der Waals surface area contributed by atoms with Gasteiger partial charge in [0.15, 0.2) is 5.17 Å². The Labute approximate surface area is 171 Å². The fourth-order valence-electron chi connectivity index (χ4n) is 3.01. The minimum absolute atomic E-state index is 0.205. The van der Waals surface area contributed by atoms with E-state index in [0.29, 0.717) is 28.0 Å². The quantitative estimate of drug-likeness (QED) is 0.680. The molecule has 0 N–H and O–H groups in total. The monoisotopic (exact) mass is 424 g/mol. The Morgan fingerprint density at radius 3 is 2.57 bits per heavy atom. The lowest BCUT2D eigenvalue weighted by Crippen LogP contribution is -2.28. The van der Waals surface area contributed by atoms with E-state index in [1.807, 2.05) is 18.7 Å². The third kappa shape index (κ3) is 4.83. The van der Waals surface area contributed by atoms with Gasteiger partial charge in [0.2, 0.25) is 0 Å². The topological polar surface area (TPSA) is 41.9 Å². The average Bonchev–Trinajstić information content (AvgIpc) is 2.87. The molecule has 0 bridgehead atoms. The summed E-state index contributed by atoms with van der Waals surface area (Å²) >= 11 is 7.44. The highest BCUT2D eigenvalue weighted by molar-refractivity contribution is 8.15. The van der Waals surface area contributed by atoms with Crippen LogP contribution in [0.2, 0.25) is 5.02 Å². The van der Waals surface area contributed by atoms with Gasteiger partial charge in [0.25, 0.3) is 5.91 Å². The zero-order chi connectivity index (χ0) is 20.5. The maximum atomic E-state index is 13.5. The van der Waals surface area contributed by atoms with Crippen molar-refractivity contribution >= 4 is 34.4 Å². The third-order valence-electron chi connectivity index (χ3n) is 4.09. The first-order chi connectivity index (χ1) is 13.2. The van der Waals surface area contributed by atoms with Crippen LogP contribution in [-0.4, -0.2) is 34.4 Å². The molecule has 4 nitrogen and oxygen atoms in total. The van der Waals surface area contributed by atoms with Crippen LogP contribution in [0.1, 0.15) is 29.8 Å². The lowest BCUT2D eigenvalue weighted by molar-refractivity contribution is 0.0998. The standard InChI is InChI=1S/C20H19ClF2N2O2S/c1-20(2)11-25(10-12-6-14(22)9-15(23)7-12)19(28-20)24-18(26)16-8-13(21)4-5-17(16)27-3/h4-9H,10-11H2,1-3H3. The van der Waals surface area contributed by atoms with Gasteiger partial charge >= 0.3 is 0 Å². The molecule has 2 aromatic carbocycles. The van der Waals surface area contributed by atoms with Gasteiger partial charge in [-0.2, -0.15) is 4.99 Å². The summed E-state index contributed by atoms with van der Waals surface area (Å²) in [4.78, 5) is 18.9. The van der Waals surface area contributed by atoms with Gasteiger partial charge in [0.1, 0.15) is 17.4 Å². The van der Waals surface area contributed by atoms with E-state index in [1.165, 1.54) is 37.1 Å². The Balaban J connectivity index is 1.91. The Morgan fingerprint density at radius 2 is 1.93 bits per heavy atom. The minimum Gasteiger partial charge on any atom is -0.496 e. The van der Waals surface area contributed by atoms with Gasteiger partial charge in [-0.1, -0.05) is 23.4 Å². The van der Waals surface area contributed by atoms with Crippen LogP contribution in [0.5, 0.6) is 5.75 Å². The lowest BCUT2D eigenvalue weighted by Gasteiger charge is -2.20. The van der Waals surface area contributed by atoms with E-state index in [2.05, 4.69) is 4.99 Å². The highest BCUT2D eigenvalue weighted by atomic mass is 35.5. The number of amides is 1. The van der Waals surface area contributed by atoms with Crippen molar-refractivity contribution in [3.8, 4) is 5.75 Å². The van der Waals surface area contributed by atoms with Crippen LogP contribution >= 0.6 is 23.4 Å². The molecule has 1 heterocycles. The fraction of sp³-hybridized carbons (Fsp3) is 0.300. The molecule has 0 unspecified atom stereocenters. The van der Waals surface area contributed by atoms with Crippen molar-refractivity contribution in [3.63, 3.8) is 0 Å². The average molecular weight is 425 g/mol. The summed E-state index contributed by atoms with van der Waals surface area (Å²) in [5, 5.41) is 0.887. The van der Waals surface area contributed by atoms with Gasteiger partial charge in [0.05, 0.1) is 12.7 Å². The van der Waals surface area contributed by atoms with Gasteiger partial charge in [-0.05, 0) is 49.7 Å². The number of methoxy groups -OCH3 is 1. The van der Waals surface area contributed by atoms with Crippen LogP contribution in [-0.2, 0) is 6.54 Å². The largest absolute Gasteiger partial charge is 0.496 e. The van der Waals surface area contributed by atoms with E-state index in [1.54, 1.807) is 12.1 Å². The van der Waals surface area contributed by atoms with Crippen LogP contribution in [0.3, 0.4) is 0 Å². The maximum absolute atomic E-state index is 13.5. The molecule has 2 aromatic rings. The molecule has 148 valence electrons. The van der Waals surface area contributed by atoms with Crippen molar-refractivity contribution in [2.45, 2.75) is 25.1 Å². The van der Waals surface area contributed by atoms with Crippen LogP contribution in [0.4, 0.5) is 8.78 Å². The number of rotatable bonds is 4. The first-order valence-corrected chi connectivity index (χ1v) is 9.72. The van der Waals surface area contributed by atoms with Gasteiger partial charge in [-0.15, -0.1) is 0 Å². The molecule has 1 amide bonds. The van der Waals surface area contributed by atoms with Crippen molar-refractivity contribution in [3.05, 3.63) is 64.2 Å². The third-order valence-corrected chi connectivity index (χ3v) is 5.54.